The van der Waals surface area contributed by atoms with Crippen LogP contribution in [0, 0.1) is 18.3 Å². The van der Waals surface area contributed by atoms with E-state index in [1.807, 2.05) is 67.6 Å². The van der Waals surface area contributed by atoms with Crippen LogP contribution in [0.4, 0.5) is 0 Å². The first-order chi connectivity index (χ1) is 12.1. The van der Waals surface area contributed by atoms with Crippen LogP contribution in [0.25, 0.3) is 16.9 Å². The molecule has 1 heterocycles. The first-order valence-electron chi connectivity index (χ1n) is 7.92. The summed E-state index contributed by atoms with van der Waals surface area (Å²) in [5.74, 6) is -0.561. The Bertz CT molecular complexity index is 939. The van der Waals surface area contributed by atoms with Crippen LogP contribution in [-0.4, -0.2) is 21.9 Å². The van der Waals surface area contributed by atoms with Crippen molar-refractivity contribution in [2.75, 3.05) is 0 Å². The zero-order valence-corrected chi connectivity index (χ0v) is 14.0. The van der Waals surface area contributed by atoms with E-state index < -0.39 is 12.1 Å². The molecule has 0 fully saturated rings. The number of carbonyl (C=O) groups excluding carboxylic acids is 1. The molecule has 5 nitrogen and oxygen atoms in total. The maximum Gasteiger partial charge on any atom is 0.343 e. The van der Waals surface area contributed by atoms with Crippen molar-refractivity contribution >= 4 is 5.97 Å². The van der Waals surface area contributed by atoms with Gasteiger partial charge >= 0.3 is 5.97 Å². The van der Waals surface area contributed by atoms with E-state index >= 15 is 0 Å². The number of para-hydroxylation sites is 1. The van der Waals surface area contributed by atoms with Crippen LogP contribution in [0.1, 0.15) is 22.8 Å². The molecule has 0 aliphatic rings. The Morgan fingerprint density at radius 3 is 2.52 bits per heavy atom. The molecule has 3 aromatic rings. The Balaban J connectivity index is 2.12. The molecule has 0 spiro atoms. The summed E-state index contributed by atoms with van der Waals surface area (Å²) < 4.78 is 6.83. The second-order valence-corrected chi connectivity index (χ2v) is 5.66. The van der Waals surface area contributed by atoms with Gasteiger partial charge in [0.25, 0.3) is 0 Å². The number of esters is 1. The predicted molar refractivity (Wildman–Crippen MR) is 94.2 cm³/mol. The van der Waals surface area contributed by atoms with Crippen molar-refractivity contribution in [3.8, 4) is 23.0 Å². The molecule has 25 heavy (non-hydrogen) atoms. The summed E-state index contributed by atoms with van der Waals surface area (Å²) >= 11 is 0. The minimum atomic E-state index is -0.822. The summed E-state index contributed by atoms with van der Waals surface area (Å²) in [5.41, 5.74) is 3.57. The summed E-state index contributed by atoms with van der Waals surface area (Å²) in [7, 11) is 0. The minimum Gasteiger partial charge on any atom is -0.444 e. The van der Waals surface area contributed by atoms with Crippen LogP contribution < -0.4 is 0 Å². The third-order valence-electron chi connectivity index (χ3n) is 3.82. The van der Waals surface area contributed by atoms with Crippen LogP contribution >= 0.6 is 0 Å². The van der Waals surface area contributed by atoms with E-state index in [0.717, 1.165) is 16.8 Å². The van der Waals surface area contributed by atoms with E-state index in [9.17, 15) is 4.79 Å². The molecule has 3 rings (SSSR count). The standard InChI is InChI=1S/C20H17N3O2/c1-14-8-6-7-11-17(14)19-18(20(24)25-15(2)12-21)13-23(22-19)16-9-4-3-5-10-16/h3-11,13,15H,1-2H3/t15-/m0/s1. The van der Waals surface area contributed by atoms with Crippen molar-refractivity contribution in [3.63, 3.8) is 0 Å². The average molecular weight is 331 g/mol. The van der Waals surface area contributed by atoms with Gasteiger partial charge in [-0.25, -0.2) is 9.48 Å². The van der Waals surface area contributed by atoms with Gasteiger partial charge in [0.1, 0.15) is 17.3 Å². The fourth-order valence-corrected chi connectivity index (χ4v) is 2.52. The monoisotopic (exact) mass is 331 g/mol. The number of aromatic nitrogens is 2. The molecule has 0 saturated heterocycles. The zero-order chi connectivity index (χ0) is 17.8. The molecule has 5 heteroatoms. The van der Waals surface area contributed by atoms with Crippen molar-refractivity contribution in [1.82, 2.24) is 9.78 Å². The van der Waals surface area contributed by atoms with Gasteiger partial charge in [0.15, 0.2) is 6.10 Å². The molecule has 0 amide bonds. The van der Waals surface area contributed by atoms with Crippen LogP contribution in [0.15, 0.2) is 60.8 Å². The first kappa shape index (κ1) is 16.5. The molecule has 0 aliphatic heterocycles. The van der Waals surface area contributed by atoms with Gasteiger partial charge in [-0.15, -0.1) is 0 Å². The maximum absolute atomic E-state index is 12.5. The molecular formula is C20H17N3O2. The van der Waals surface area contributed by atoms with Crippen LogP contribution in [-0.2, 0) is 4.74 Å². The highest BCUT2D eigenvalue weighted by atomic mass is 16.5. The number of carbonyl (C=O) groups is 1. The smallest absolute Gasteiger partial charge is 0.343 e. The highest BCUT2D eigenvalue weighted by Gasteiger charge is 2.22. The summed E-state index contributed by atoms with van der Waals surface area (Å²) in [6.07, 6.45) is 0.820. The highest BCUT2D eigenvalue weighted by molar-refractivity contribution is 5.96. The average Bonchev–Trinajstić information content (AvgIpc) is 3.08. The lowest BCUT2D eigenvalue weighted by molar-refractivity contribution is 0.0436. The lowest BCUT2D eigenvalue weighted by Crippen LogP contribution is -2.13. The van der Waals surface area contributed by atoms with Crippen LogP contribution in [0.3, 0.4) is 0 Å². The molecule has 1 aromatic heterocycles. The Kier molecular flexibility index (Phi) is 4.62. The normalized spacial score (nSPS) is 11.6. The molecule has 0 bridgehead atoms. The first-order valence-corrected chi connectivity index (χ1v) is 7.92. The number of ether oxygens (including phenoxy) is 1. The minimum absolute atomic E-state index is 0.334. The number of aryl methyl sites for hydroxylation is 1. The van der Waals surface area contributed by atoms with Gasteiger partial charge in [-0.3, -0.25) is 0 Å². The predicted octanol–water partition coefficient (Wildman–Crippen LogP) is 3.92. The summed E-state index contributed by atoms with van der Waals surface area (Å²) in [6.45, 7) is 3.50. The van der Waals surface area contributed by atoms with Gasteiger partial charge in [-0.2, -0.15) is 10.4 Å². The number of benzene rings is 2. The molecule has 0 radical (unpaired) electrons. The maximum atomic E-state index is 12.5. The Labute approximate surface area is 146 Å². The lowest BCUT2D eigenvalue weighted by atomic mass is 10.0. The molecule has 0 unspecified atom stereocenters. The van der Waals surface area contributed by atoms with Crippen molar-refractivity contribution in [2.45, 2.75) is 20.0 Å². The summed E-state index contributed by atoms with van der Waals surface area (Å²) in [6, 6.07) is 19.1. The molecule has 124 valence electrons. The molecule has 0 N–H and O–H groups in total. The van der Waals surface area contributed by atoms with E-state index in [0.29, 0.717) is 11.3 Å². The second-order valence-electron chi connectivity index (χ2n) is 5.66. The third-order valence-corrected chi connectivity index (χ3v) is 3.82. The van der Waals surface area contributed by atoms with Crippen molar-refractivity contribution in [1.29, 1.82) is 5.26 Å². The second kappa shape index (κ2) is 7.02. The number of nitrogens with zero attached hydrogens (tertiary/aromatic N) is 3. The zero-order valence-electron chi connectivity index (χ0n) is 14.0. The van der Waals surface area contributed by atoms with E-state index in [1.54, 1.807) is 10.9 Å². The molecule has 0 aliphatic carbocycles. The number of hydrogen-bond donors (Lipinski definition) is 0. The molecule has 2 aromatic carbocycles. The van der Waals surface area contributed by atoms with E-state index in [1.165, 1.54) is 6.92 Å². The van der Waals surface area contributed by atoms with Crippen LogP contribution in [0.2, 0.25) is 0 Å². The van der Waals surface area contributed by atoms with E-state index in [2.05, 4.69) is 5.10 Å². The fraction of sp³-hybridized carbons (Fsp3) is 0.150. The summed E-state index contributed by atoms with van der Waals surface area (Å²) in [5, 5.41) is 13.5. The van der Waals surface area contributed by atoms with Gasteiger partial charge < -0.3 is 4.74 Å². The topological polar surface area (TPSA) is 67.9 Å². The number of nitriles is 1. The highest BCUT2D eigenvalue weighted by Crippen LogP contribution is 2.27. The van der Waals surface area contributed by atoms with Crippen LogP contribution in [0.5, 0.6) is 0 Å². The number of hydrogen-bond acceptors (Lipinski definition) is 4. The van der Waals surface area contributed by atoms with Gasteiger partial charge in [-0.05, 0) is 31.5 Å². The van der Waals surface area contributed by atoms with Gasteiger partial charge in [0.2, 0.25) is 0 Å². The van der Waals surface area contributed by atoms with Gasteiger partial charge in [-0.1, -0.05) is 42.5 Å². The van der Waals surface area contributed by atoms with Gasteiger partial charge in [0, 0.05) is 11.8 Å². The van der Waals surface area contributed by atoms with E-state index in [-0.39, 0.29) is 0 Å². The quantitative estimate of drug-likeness (QED) is 0.680. The number of rotatable bonds is 4. The Hall–Kier alpha value is -3.39. The fourth-order valence-electron chi connectivity index (χ4n) is 2.52. The molecule has 1 atom stereocenters. The van der Waals surface area contributed by atoms with Crippen molar-refractivity contribution in [2.24, 2.45) is 0 Å². The van der Waals surface area contributed by atoms with Crippen molar-refractivity contribution < 1.29 is 9.53 Å². The third kappa shape index (κ3) is 3.43. The van der Waals surface area contributed by atoms with E-state index in [4.69, 9.17) is 10.00 Å². The lowest BCUT2D eigenvalue weighted by Gasteiger charge is -2.07. The molecular weight excluding hydrogens is 314 g/mol. The van der Waals surface area contributed by atoms with Gasteiger partial charge in [0.05, 0.1) is 5.69 Å². The van der Waals surface area contributed by atoms with Crippen molar-refractivity contribution in [3.05, 3.63) is 71.9 Å². The summed E-state index contributed by atoms with van der Waals surface area (Å²) in [4.78, 5) is 12.5. The molecule has 0 saturated carbocycles. The Morgan fingerprint density at radius 1 is 1.16 bits per heavy atom. The Morgan fingerprint density at radius 2 is 1.84 bits per heavy atom. The SMILES string of the molecule is Cc1ccccc1-c1nn(-c2ccccc2)cc1C(=O)O[C@@H](C)C#N. The largest absolute Gasteiger partial charge is 0.444 e.